The van der Waals surface area contributed by atoms with E-state index in [1.807, 2.05) is 31.2 Å². The molecule has 102 valence electrons. The number of hydrogen-bond donors (Lipinski definition) is 0. The SMILES string of the molecule is CCn1c(CC(=O)c2ccc(C)o2)nc2ccccc21. The van der Waals surface area contributed by atoms with E-state index in [1.165, 1.54) is 0 Å². The monoisotopic (exact) mass is 268 g/mol. The zero-order valence-corrected chi connectivity index (χ0v) is 11.6. The van der Waals surface area contributed by atoms with Gasteiger partial charge in [-0.05, 0) is 38.1 Å². The summed E-state index contributed by atoms with van der Waals surface area (Å²) < 4.78 is 7.45. The Morgan fingerprint density at radius 2 is 2.05 bits per heavy atom. The fourth-order valence-electron chi connectivity index (χ4n) is 2.43. The fraction of sp³-hybridized carbons (Fsp3) is 0.250. The molecule has 2 heterocycles. The Hall–Kier alpha value is -2.36. The molecule has 0 spiro atoms. The summed E-state index contributed by atoms with van der Waals surface area (Å²) in [4.78, 5) is 16.8. The first-order chi connectivity index (χ1) is 9.69. The zero-order chi connectivity index (χ0) is 14.1. The Kier molecular flexibility index (Phi) is 3.14. The van der Waals surface area contributed by atoms with Crippen molar-refractivity contribution in [1.82, 2.24) is 9.55 Å². The van der Waals surface area contributed by atoms with Gasteiger partial charge in [-0.1, -0.05) is 12.1 Å². The van der Waals surface area contributed by atoms with Crippen molar-refractivity contribution in [2.24, 2.45) is 0 Å². The molecule has 0 unspecified atom stereocenters. The van der Waals surface area contributed by atoms with Crippen molar-refractivity contribution in [2.45, 2.75) is 26.8 Å². The van der Waals surface area contributed by atoms with Gasteiger partial charge in [-0.25, -0.2) is 4.98 Å². The molecule has 0 N–H and O–H groups in total. The van der Waals surface area contributed by atoms with Crippen molar-refractivity contribution >= 4 is 16.8 Å². The van der Waals surface area contributed by atoms with E-state index < -0.39 is 0 Å². The summed E-state index contributed by atoms with van der Waals surface area (Å²) in [5.74, 6) is 1.89. The number of hydrogen-bond acceptors (Lipinski definition) is 3. The van der Waals surface area contributed by atoms with Gasteiger partial charge < -0.3 is 8.98 Å². The second kappa shape index (κ2) is 4.96. The normalized spacial score (nSPS) is 11.1. The van der Waals surface area contributed by atoms with E-state index in [-0.39, 0.29) is 12.2 Å². The summed E-state index contributed by atoms with van der Waals surface area (Å²) in [5, 5.41) is 0. The molecule has 20 heavy (non-hydrogen) atoms. The molecule has 0 aliphatic rings. The van der Waals surface area contributed by atoms with E-state index in [0.29, 0.717) is 5.76 Å². The van der Waals surface area contributed by atoms with Crippen molar-refractivity contribution in [3.05, 3.63) is 53.7 Å². The van der Waals surface area contributed by atoms with Gasteiger partial charge in [0, 0.05) is 6.54 Å². The van der Waals surface area contributed by atoms with Crippen molar-refractivity contribution in [1.29, 1.82) is 0 Å². The molecule has 1 aromatic carbocycles. The van der Waals surface area contributed by atoms with E-state index in [0.717, 1.165) is 29.2 Å². The number of aryl methyl sites for hydroxylation is 2. The number of aromatic nitrogens is 2. The average Bonchev–Trinajstić information content (AvgIpc) is 3.01. The Bertz CT molecular complexity index is 768. The van der Waals surface area contributed by atoms with Crippen LogP contribution >= 0.6 is 0 Å². The lowest BCUT2D eigenvalue weighted by Gasteiger charge is -2.04. The number of ketones is 1. The maximum atomic E-state index is 12.2. The lowest BCUT2D eigenvalue weighted by atomic mass is 10.2. The maximum Gasteiger partial charge on any atom is 0.205 e. The first-order valence-electron chi connectivity index (χ1n) is 6.73. The zero-order valence-electron chi connectivity index (χ0n) is 11.6. The van der Waals surface area contributed by atoms with Gasteiger partial charge in [0.2, 0.25) is 5.78 Å². The van der Waals surface area contributed by atoms with E-state index >= 15 is 0 Å². The molecule has 0 bridgehead atoms. The minimum Gasteiger partial charge on any atom is -0.458 e. The summed E-state index contributed by atoms with van der Waals surface area (Å²) in [7, 11) is 0. The van der Waals surface area contributed by atoms with Gasteiger partial charge in [0.15, 0.2) is 5.76 Å². The van der Waals surface area contributed by atoms with Crippen LogP contribution in [0.5, 0.6) is 0 Å². The Balaban J connectivity index is 1.96. The summed E-state index contributed by atoms with van der Waals surface area (Å²) in [6.07, 6.45) is 0.259. The van der Waals surface area contributed by atoms with Gasteiger partial charge >= 0.3 is 0 Å². The van der Waals surface area contributed by atoms with Gasteiger partial charge in [-0.15, -0.1) is 0 Å². The second-order valence-electron chi connectivity index (χ2n) is 4.77. The van der Waals surface area contributed by atoms with Crippen LogP contribution in [0.2, 0.25) is 0 Å². The lowest BCUT2D eigenvalue weighted by molar-refractivity contribution is 0.0962. The minimum absolute atomic E-state index is 0.0388. The lowest BCUT2D eigenvalue weighted by Crippen LogP contribution is -2.09. The molecule has 0 aliphatic carbocycles. The van der Waals surface area contributed by atoms with E-state index in [9.17, 15) is 4.79 Å². The summed E-state index contributed by atoms with van der Waals surface area (Å²) >= 11 is 0. The molecule has 3 aromatic rings. The van der Waals surface area contributed by atoms with Crippen LogP contribution in [0.3, 0.4) is 0 Å². The highest BCUT2D eigenvalue weighted by atomic mass is 16.3. The molecule has 2 aromatic heterocycles. The van der Waals surface area contributed by atoms with E-state index in [2.05, 4.69) is 16.5 Å². The van der Waals surface area contributed by atoms with Crippen LogP contribution in [-0.2, 0) is 13.0 Å². The number of rotatable bonds is 4. The topological polar surface area (TPSA) is 48.0 Å². The predicted octanol–water partition coefficient (Wildman–Crippen LogP) is 3.38. The number of fused-ring (bicyclic) bond motifs is 1. The van der Waals surface area contributed by atoms with Crippen LogP contribution in [0, 0.1) is 6.92 Å². The number of Topliss-reactive ketones (excluding diaryl/α,β-unsaturated/α-hetero) is 1. The van der Waals surface area contributed by atoms with Crippen molar-refractivity contribution in [3.8, 4) is 0 Å². The smallest absolute Gasteiger partial charge is 0.205 e. The van der Waals surface area contributed by atoms with Gasteiger partial charge in [-0.3, -0.25) is 4.79 Å². The van der Waals surface area contributed by atoms with Crippen LogP contribution < -0.4 is 0 Å². The van der Waals surface area contributed by atoms with Crippen LogP contribution in [0.15, 0.2) is 40.8 Å². The first kappa shape index (κ1) is 12.7. The summed E-state index contributed by atoms with van der Waals surface area (Å²) in [6.45, 7) is 4.68. The molecule has 0 radical (unpaired) electrons. The van der Waals surface area contributed by atoms with E-state index in [1.54, 1.807) is 12.1 Å². The molecule has 4 heteroatoms. The Morgan fingerprint density at radius 1 is 1.25 bits per heavy atom. The molecule has 0 fully saturated rings. The number of nitrogens with zero attached hydrogens (tertiary/aromatic N) is 2. The average molecular weight is 268 g/mol. The minimum atomic E-state index is -0.0388. The fourth-order valence-corrected chi connectivity index (χ4v) is 2.43. The molecule has 0 saturated carbocycles. The third-order valence-corrected chi connectivity index (χ3v) is 3.38. The van der Waals surface area contributed by atoms with Gasteiger partial charge in [-0.2, -0.15) is 0 Å². The number of furan rings is 1. The van der Waals surface area contributed by atoms with Gasteiger partial charge in [0.25, 0.3) is 0 Å². The van der Waals surface area contributed by atoms with Crippen LogP contribution in [0.1, 0.15) is 29.1 Å². The first-order valence-corrected chi connectivity index (χ1v) is 6.73. The number of benzene rings is 1. The highest BCUT2D eigenvalue weighted by Crippen LogP contribution is 2.18. The van der Waals surface area contributed by atoms with Crippen LogP contribution in [0.4, 0.5) is 0 Å². The molecule has 0 aliphatic heterocycles. The Labute approximate surface area is 117 Å². The number of imidazole rings is 1. The quantitative estimate of drug-likeness (QED) is 0.681. The van der Waals surface area contributed by atoms with E-state index in [4.69, 9.17) is 4.42 Å². The predicted molar refractivity (Wildman–Crippen MR) is 76.9 cm³/mol. The molecule has 4 nitrogen and oxygen atoms in total. The highest BCUT2D eigenvalue weighted by Gasteiger charge is 2.16. The van der Waals surface area contributed by atoms with Gasteiger partial charge in [0.05, 0.1) is 17.5 Å². The third-order valence-electron chi connectivity index (χ3n) is 3.38. The molecule has 0 saturated heterocycles. The standard InChI is InChI=1S/C16H16N2O2/c1-3-18-13-7-5-4-6-12(13)17-16(18)10-14(19)15-9-8-11(2)20-15/h4-9H,3,10H2,1-2H3. The molecule has 0 amide bonds. The Morgan fingerprint density at radius 3 is 2.75 bits per heavy atom. The van der Waals surface area contributed by atoms with Crippen LogP contribution in [0.25, 0.3) is 11.0 Å². The number of carbonyl (C=O) groups excluding carboxylic acids is 1. The van der Waals surface area contributed by atoms with Crippen molar-refractivity contribution < 1.29 is 9.21 Å². The van der Waals surface area contributed by atoms with Gasteiger partial charge in [0.1, 0.15) is 11.6 Å². The number of para-hydroxylation sites is 2. The molecule has 0 atom stereocenters. The third kappa shape index (κ3) is 2.13. The highest BCUT2D eigenvalue weighted by molar-refractivity contribution is 5.95. The molecule has 3 rings (SSSR count). The molecular formula is C16H16N2O2. The molecular weight excluding hydrogens is 252 g/mol. The summed E-state index contributed by atoms with van der Waals surface area (Å²) in [5.41, 5.74) is 1.99. The van der Waals surface area contributed by atoms with Crippen molar-refractivity contribution in [2.75, 3.05) is 0 Å². The largest absolute Gasteiger partial charge is 0.458 e. The number of carbonyl (C=O) groups is 1. The summed E-state index contributed by atoms with van der Waals surface area (Å²) in [6, 6.07) is 11.4. The maximum absolute atomic E-state index is 12.2. The van der Waals surface area contributed by atoms with Crippen LogP contribution in [-0.4, -0.2) is 15.3 Å². The van der Waals surface area contributed by atoms with Crippen molar-refractivity contribution in [3.63, 3.8) is 0 Å². The second-order valence-corrected chi connectivity index (χ2v) is 4.77.